The van der Waals surface area contributed by atoms with Crippen molar-refractivity contribution in [3.05, 3.63) is 59.7 Å². The van der Waals surface area contributed by atoms with Gasteiger partial charge in [0.2, 0.25) is 0 Å². The van der Waals surface area contributed by atoms with E-state index in [1.807, 2.05) is 31.4 Å². The normalized spacial score (nSPS) is 12.3. The fourth-order valence-corrected chi connectivity index (χ4v) is 1.96. The minimum absolute atomic E-state index is 0.0740. The molecule has 0 saturated heterocycles. The van der Waals surface area contributed by atoms with Gasteiger partial charge in [-0.1, -0.05) is 12.1 Å². The van der Waals surface area contributed by atoms with Gasteiger partial charge in [-0.25, -0.2) is 9.78 Å². The number of rotatable bonds is 5. The number of carboxylic acids is 1. The van der Waals surface area contributed by atoms with Gasteiger partial charge in [0, 0.05) is 25.0 Å². The highest BCUT2D eigenvalue weighted by atomic mass is 16.4. The molecule has 2 heterocycles. The van der Waals surface area contributed by atoms with Crippen molar-refractivity contribution in [2.45, 2.75) is 19.5 Å². The summed E-state index contributed by atoms with van der Waals surface area (Å²) in [5, 5.41) is 8.95. The predicted octanol–water partition coefficient (Wildman–Crippen LogP) is 2.37. The SMILES string of the molecule is C[C@@H](c1cccnc1)N(C)Cc1cccc(C(=O)O)n1. The molecule has 20 heavy (non-hydrogen) atoms. The van der Waals surface area contributed by atoms with Crippen molar-refractivity contribution in [2.75, 3.05) is 7.05 Å². The van der Waals surface area contributed by atoms with Crippen molar-refractivity contribution in [1.29, 1.82) is 0 Å². The zero-order chi connectivity index (χ0) is 14.5. The Hall–Kier alpha value is -2.27. The summed E-state index contributed by atoms with van der Waals surface area (Å²) in [6, 6.07) is 9.15. The highest BCUT2D eigenvalue weighted by Crippen LogP contribution is 2.19. The van der Waals surface area contributed by atoms with Gasteiger partial charge < -0.3 is 5.11 Å². The maximum absolute atomic E-state index is 10.9. The number of nitrogens with zero attached hydrogens (tertiary/aromatic N) is 3. The minimum atomic E-state index is -1.00. The van der Waals surface area contributed by atoms with Crippen LogP contribution in [0.25, 0.3) is 0 Å². The average Bonchev–Trinajstić information content (AvgIpc) is 2.47. The van der Waals surface area contributed by atoms with Crippen molar-refractivity contribution < 1.29 is 9.90 Å². The topological polar surface area (TPSA) is 66.3 Å². The van der Waals surface area contributed by atoms with E-state index in [0.717, 1.165) is 11.3 Å². The van der Waals surface area contributed by atoms with Crippen LogP contribution in [0.15, 0.2) is 42.7 Å². The van der Waals surface area contributed by atoms with Crippen molar-refractivity contribution in [1.82, 2.24) is 14.9 Å². The van der Waals surface area contributed by atoms with E-state index in [1.54, 1.807) is 12.3 Å². The Morgan fingerprint density at radius 2 is 2.15 bits per heavy atom. The molecule has 0 spiro atoms. The van der Waals surface area contributed by atoms with Crippen LogP contribution in [0.4, 0.5) is 0 Å². The van der Waals surface area contributed by atoms with Crippen molar-refractivity contribution in [3.8, 4) is 0 Å². The minimum Gasteiger partial charge on any atom is -0.477 e. The van der Waals surface area contributed by atoms with Gasteiger partial charge in [-0.2, -0.15) is 0 Å². The summed E-state index contributed by atoms with van der Waals surface area (Å²) < 4.78 is 0. The summed E-state index contributed by atoms with van der Waals surface area (Å²) in [7, 11) is 1.98. The number of aromatic nitrogens is 2. The van der Waals surface area contributed by atoms with Crippen LogP contribution in [-0.4, -0.2) is 33.0 Å². The van der Waals surface area contributed by atoms with Crippen LogP contribution < -0.4 is 0 Å². The molecule has 0 saturated carbocycles. The van der Waals surface area contributed by atoms with Gasteiger partial charge in [0.15, 0.2) is 0 Å². The van der Waals surface area contributed by atoms with Crippen LogP contribution in [0.3, 0.4) is 0 Å². The highest BCUT2D eigenvalue weighted by molar-refractivity contribution is 5.85. The molecule has 5 heteroatoms. The summed E-state index contributed by atoms with van der Waals surface area (Å²) in [4.78, 5) is 21.3. The average molecular weight is 271 g/mol. The first-order chi connectivity index (χ1) is 9.58. The second kappa shape index (κ2) is 6.25. The van der Waals surface area contributed by atoms with Gasteiger partial charge >= 0.3 is 5.97 Å². The molecule has 1 N–H and O–H groups in total. The molecule has 0 aliphatic carbocycles. The van der Waals surface area contributed by atoms with Gasteiger partial charge in [0.25, 0.3) is 0 Å². The number of hydrogen-bond acceptors (Lipinski definition) is 4. The van der Waals surface area contributed by atoms with Crippen LogP contribution in [0, 0.1) is 0 Å². The lowest BCUT2D eigenvalue weighted by atomic mass is 10.1. The monoisotopic (exact) mass is 271 g/mol. The van der Waals surface area contributed by atoms with Crippen molar-refractivity contribution >= 4 is 5.97 Å². The first kappa shape index (κ1) is 14.1. The molecule has 0 radical (unpaired) electrons. The van der Waals surface area contributed by atoms with Gasteiger partial charge in [0.05, 0.1) is 5.69 Å². The smallest absolute Gasteiger partial charge is 0.354 e. The van der Waals surface area contributed by atoms with Gasteiger partial charge in [0.1, 0.15) is 5.69 Å². The fraction of sp³-hybridized carbons (Fsp3) is 0.267. The van der Waals surface area contributed by atoms with E-state index in [0.29, 0.717) is 6.54 Å². The summed E-state index contributed by atoms with van der Waals surface area (Å²) in [6.45, 7) is 2.66. The van der Waals surface area contributed by atoms with E-state index < -0.39 is 5.97 Å². The van der Waals surface area contributed by atoms with Crippen LogP contribution >= 0.6 is 0 Å². The molecule has 5 nitrogen and oxygen atoms in total. The summed E-state index contributed by atoms with van der Waals surface area (Å²) >= 11 is 0. The Bertz CT molecular complexity index is 587. The molecule has 0 fully saturated rings. The van der Waals surface area contributed by atoms with E-state index >= 15 is 0 Å². The maximum Gasteiger partial charge on any atom is 0.354 e. The summed E-state index contributed by atoms with van der Waals surface area (Å²) in [5.41, 5.74) is 1.93. The number of carbonyl (C=O) groups is 1. The molecule has 0 amide bonds. The van der Waals surface area contributed by atoms with E-state index in [2.05, 4.69) is 21.8 Å². The number of aromatic carboxylic acids is 1. The highest BCUT2D eigenvalue weighted by Gasteiger charge is 2.13. The lowest BCUT2D eigenvalue weighted by Gasteiger charge is -2.24. The Morgan fingerprint density at radius 3 is 2.80 bits per heavy atom. The van der Waals surface area contributed by atoms with Gasteiger partial charge in [-0.15, -0.1) is 0 Å². The number of hydrogen-bond donors (Lipinski definition) is 1. The molecule has 104 valence electrons. The summed E-state index contributed by atoms with van der Waals surface area (Å²) in [5.74, 6) is -1.00. The standard InChI is InChI=1S/C15H17N3O2/c1-11(12-5-4-8-16-9-12)18(2)10-13-6-3-7-14(17-13)15(19)20/h3-9,11H,10H2,1-2H3,(H,19,20)/t11-/m0/s1. The molecule has 0 aliphatic rings. The molecule has 0 bridgehead atoms. The van der Waals surface area contributed by atoms with Gasteiger partial charge in [-0.05, 0) is 37.7 Å². The van der Waals surface area contributed by atoms with E-state index in [4.69, 9.17) is 5.11 Å². The van der Waals surface area contributed by atoms with Crippen LogP contribution in [0.1, 0.15) is 34.7 Å². The Morgan fingerprint density at radius 1 is 1.35 bits per heavy atom. The summed E-state index contributed by atoms with van der Waals surface area (Å²) in [6.07, 6.45) is 3.58. The van der Waals surface area contributed by atoms with Crippen molar-refractivity contribution in [2.24, 2.45) is 0 Å². The fourth-order valence-electron chi connectivity index (χ4n) is 1.96. The van der Waals surface area contributed by atoms with Crippen LogP contribution in [-0.2, 0) is 6.54 Å². The van der Waals surface area contributed by atoms with E-state index in [-0.39, 0.29) is 11.7 Å². The van der Waals surface area contributed by atoms with Crippen LogP contribution in [0.5, 0.6) is 0 Å². The number of carboxylic acid groups (broad SMARTS) is 1. The van der Waals surface area contributed by atoms with E-state index in [9.17, 15) is 4.79 Å². The van der Waals surface area contributed by atoms with Crippen LogP contribution in [0.2, 0.25) is 0 Å². The molecule has 1 atom stereocenters. The zero-order valence-electron chi connectivity index (χ0n) is 11.5. The molecule has 0 unspecified atom stereocenters. The Labute approximate surface area is 117 Å². The molecular formula is C15H17N3O2. The lowest BCUT2D eigenvalue weighted by molar-refractivity contribution is 0.0690. The first-order valence-electron chi connectivity index (χ1n) is 6.37. The molecule has 0 aromatic carbocycles. The molecular weight excluding hydrogens is 254 g/mol. The largest absolute Gasteiger partial charge is 0.477 e. The molecule has 2 aromatic heterocycles. The third-order valence-electron chi connectivity index (χ3n) is 3.27. The second-order valence-corrected chi connectivity index (χ2v) is 4.70. The number of pyridine rings is 2. The second-order valence-electron chi connectivity index (χ2n) is 4.70. The lowest BCUT2D eigenvalue weighted by Crippen LogP contribution is -2.23. The Balaban J connectivity index is 2.09. The third kappa shape index (κ3) is 3.39. The predicted molar refractivity (Wildman–Crippen MR) is 75.3 cm³/mol. The molecule has 2 rings (SSSR count). The quantitative estimate of drug-likeness (QED) is 0.904. The maximum atomic E-state index is 10.9. The first-order valence-corrected chi connectivity index (χ1v) is 6.37. The zero-order valence-corrected chi connectivity index (χ0v) is 11.5. The molecule has 0 aliphatic heterocycles. The van der Waals surface area contributed by atoms with Gasteiger partial charge in [-0.3, -0.25) is 9.88 Å². The third-order valence-corrected chi connectivity index (χ3v) is 3.27. The van der Waals surface area contributed by atoms with E-state index in [1.165, 1.54) is 6.07 Å². The Kier molecular flexibility index (Phi) is 4.42. The molecule has 2 aromatic rings. The van der Waals surface area contributed by atoms with Crippen molar-refractivity contribution in [3.63, 3.8) is 0 Å².